The van der Waals surface area contributed by atoms with Gasteiger partial charge in [-0.3, -0.25) is 4.79 Å². The zero-order chi connectivity index (χ0) is 10.8. The first-order valence-corrected chi connectivity index (χ1v) is 5.00. The van der Waals surface area contributed by atoms with Crippen LogP contribution in [0.25, 0.3) is 0 Å². The van der Waals surface area contributed by atoms with E-state index in [0.717, 1.165) is 5.56 Å². The molecule has 0 N–H and O–H groups in total. The zero-order valence-corrected chi connectivity index (χ0v) is 9.20. The van der Waals surface area contributed by atoms with Gasteiger partial charge in [-0.15, -0.1) is 0 Å². The average Bonchev–Trinajstić information content (AvgIpc) is 2.67. The minimum Gasteiger partial charge on any atom is -0.453 e. The van der Waals surface area contributed by atoms with Gasteiger partial charge in [-0.2, -0.15) is 5.26 Å². The van der Waals surface area contributed by atoms with Crippen molar-refractivity contribution in [2.24, 2.45) is 0 Å². The predicted molar refractivity (Wildman–Crippen MR) is 55.0 cm³/mol. The molecule has 76 valence electrons. The Bertz CT molecular complexity index is 465. The molecule has 0 unspecified atom stereocenters. The Morgan fingerprint density at radius 3 is 2.93 bits per heavy atom. The largest absolute Gasteiger partial charge is 0.453 e. The molecule has 0 saturated heterocycles. The molecule has 0 bridgehead atoms. The van der Waals surface area contributed by atoms with Crippen molar-refractivity contribution in [3.8, 4) is 17.6 Å². The number of hydrogen-bond acceptors (Lipinski definition) is 4. The molecule has 2 rings (SSSR count). The van der Waals surface area contributed by atoms with Crippen molar-refractivity contribution in [3.05, 3.63) is 21.7 Å². The van der Waals surface area contributed by atoms with Gasteiger partial charge in [-0.25, -0.2) is 0 Å². The van der Waals surface area contributed by atoms with Crippen LogP contribution >= 0.6 is 15.9 Å². The van der Waals surface area contributed by atoms with Gasteiger partial charge in [0.05, 0.1) is 18.1 Å². The van der Waals surface area contributed by atoms with Crippen LogP contribution in [0.4, 0.5) is 0 Å². The van der Waals surface area contributed by atoms with Crippen LogP contribution in [0.15, 0.2) is 10.5 Å². The molecule has 0 aromatic heterocycles. The van der Waals surface area contributed by atoms with Crippen molar-refractivity contribution in [2.75, 3.05) is 6.79 Å². The number of carbonyl (C=O) groups excluding carboxylic acids is 1. The molecule has 5 heteroatoms. The molecule has 1 aromatic rings. The van der Waals surface area contributed by atoms with Crippen molar-refractivity contribution in [1.82, 2.24) is 0 Å². The van der Waals surface area contributed by atoms with E-state index in [1.54, 1.807) is 6.07 Å². The number of halogens is 1. The SMILES string of the molecule is N#CCc1cc(Br)c(C=O)c2c1OCO2. The summed E-state index contributed by atoms with van der Waals surface area (Å²) in [6.45, 7) is 0.0883. The number of carbonyl (C=O) groups is 1. The first-order valence-electron chi connectivity index (χ1n) is 4.21. The number of hydrogen-bond donors (Lipinski definition) is 0. The second-order valence-corrected chi connectivity index (χ2v) is 3.80. The lowest BCUT2D eigenvalue weighted by molar-refractivity contribution is 0.111. The maximum Gasteiger partial charge on any atom is 0.231 e. The van der Waals surface area contributed by atoms with Crippen molar-refractivity contribution in [2.45, 2.75) is 6.42 Å². The van der Waals surface area contributed by atoms with Crippen LogP contribution < -0.4 is 9.47 Å². The van der Waals surface area contributed by atoms with Crippen molar-refractivity contribution in [1.29, 1.82) is 5.26 Å². The van der Waals surface area contributed by atoms with Gasteiger partial charge in [0, 0.05) is 10.0 Å². The maximum absolute atomic E-state index is 10.8. The van der Waals surface area contributed by atoms with E-state index in [9.17, 15) is 4.79 Å². The van der Waals surface area contributed by atoms with Gasteiger partial charge in [-0.05, 0) is 22.0 Å². The molecule has 1 aliphatic rings. The molecule has 0 amide bonds. The number of aldehydes is 1. The Balaban J connectivity index is 2.63. The van der Waals surface area contributed by atoms with Crippen LogP contribution in [0.5, 0.6) is 11.5 Å². The average molecular weight is 268 g/mol. The number of fused-ring (bicyclic) bond motifs is 1. The molecule has 0 saturated carbocycles. The number of nitriles is 1. The van der Waals surface area contributed by atoms with Gasteiger partial charge in [0.15, 0.2) is 17.8 Å². The Hall–Kier alpha value is -1.54. The molecule has 4 nitrogen and oxygen atoms in total. The van der Waals surface area contributed by atoms with Crippen LogP contribution in [0.1, 0.15) is 15.9 Å². The van der Waals surface area contributed by atoms with Gasteiger partial charge in [0.2, 0.25) is 6.79 Å². The first kappa shape index (κ1) is 9.99. The third kappa shape index (κ3) is 1.57. The topological polar surface area (TPSA) is 59.3 Å². The Morgan fingerprint density at radius 2 is 2.27 bits per heavy atom. The van der Waals surface area contributed by atoms with Crippen LogP contribution in [-0.4, -0.2) is 13.1 Å². The predicted octanol–water partition coefficient (Wildman–Crippen LogP) is 2.06. The van der Waals surface area contributed by atoms with Crippen molar-refractivity contribution >= 4 is 22.2 Å². The molecular weight excluding hydrogens is 262 g/mol. The highest BCUT2D eigenvalue weighted by molar-refractivity contribution is 9.10. The lowest BCUT2D eigenvalue weighted by Crippen LogP contribution is -1.94. The molecule has 0 spiro atoms. The smallest absolute Gasteiger partial charge is 0.231 e. The van der Waals surface area contributed by atoms with Crippen LogP contribution in [0.2, 0.25) is 0 Å². The van der Waals surface area contributed by atoms with Gasteiger partial charge in [0.1, 0.15) is 0 Å². The Labute approximate surface area is 94.5 Å². The van der Waals surface area contributed by atoms with E-state index in [1.807, 2.05) is 6.07 Å². The Morgan fingerprint density at radius 1 is 1.53 bits per heavy atom. The highest BCUT2D eigenvalue weighted by atomic mass is 79.9. The Kier molecular flexibility index (Phi) is 2.60. The van der Waals surface area contributed by atoms with E-state index in [1.165, 1.54) is 0 Å². The van der Waals surface area contributed by atoms with Crippen molar-refractivity contribution < 1.29 is 14.3 Å². The first-order chi connectivity index (χ1) is 7.27. The summed E-state index contributed by atoms with van der Waals surface area (Å²) >= 11 is 3.25. The summed E-state index contributed by atoms with van der Waals surface area (Å²) in [4.78, 5) is 10.8. The van der Waals surface area contributed by atoms with E-state index in [0.29, 0.717) is 27.8 Å². The zero-order valence-electron chi connectivity index (χ0n) is 7.62. The monoisotopic (exact) mass is 267 g/mol. The van der Waals surface area contributed by atoms with Gasteiger partial charge in [0.25, 0.3) is 0 Å². The highest BCUT2D eigenvalue weighted by Crippen LogP contribution is 2.42. The van der Waals surface area contributed by atoms with E-state index in [2.05, 4.69) is 15.9 Å². The van der Waals surface area contributed by atoms with Gasteiger partial charge < -0.3 is 9.47 Å². The summed E-state index contributed by atoms with van der Waals surface area (Å²) in [7, 11) is 0. The lowest BCUT2D eigenvalue weighted by atomic mass is 10.1. The summed E-state index contributed by atoms with van der Waals surface area (Å²) in [5.41, 5.74) is 1.15. The lowest BCUT2D eigenvalue weighted by Gasteiger charge is -2.06. The maximum atomic E-state index is 10.8. The van der Waals surface area contributed by atoms with Gasteiger partial charge in [-0.1, -0.05) is 0 Å². The molecule has 0 atom stereocenters. The fraction of sp³-hybridized carbons (Fsp3) is 0.200. The number of benzene rings is 1. The second-order valence-electron chi connectivity index (χ2n) is 2.95. The fourth-order valence-electron chi connectivity index (χ4n) is 1.45. The molecule has 1 aliphatic heterocycles. The molecule has 0 radical (unpaired) electrons. The minimum atomic E-state index is 0.0883. The third-order valence-electron chi connectivity index (χ3n) is 2.09. The van der Waals surface area contributed by atoms with Gasteiger partial charge >= 0.3 is 0 Å². The molecule has 1 aromatic carbocycles. The normalized spacial score (nSPS) is 12.3. The fourth-order valence-corrected chi connectivity index (χ4v) is 2.00. The molecular formula is C10H6BrNO3. The minimum absolute atomic E-state index is 0.0883. The van der Waals surface area contributed by atoms with Crippen LogP contribution in [0.3, 0.4) is 0 Å². The third-order valence-corrected chi connectivity index (χ3v) is 2.75. The number of rotatable bonds is 2. The summed E-state index contributed by atoms with van der Waals surface area (Å²) in [5, 5.41) is 8.64. The van der Waals surface area contributed by atoms with E-state index in [-0.39, 0.29) is 13.2 Å². The number of ether oxygens (including phenoxy) is 2. The molecule has 15 heavy (non-hydrogen) atoms. The van der Waals surface area contributed by atoms with E-state index < -0.39 is 0 Å². The van der Waals surface area contributed by atoms with E-state index >= 15 is 0 Å². The van der Waals surface area contributed by atoms with E-state index in [4.69, 9.17) is 14.7 Å². The highest BCUT2D eigenvalue weighted by Gasteiger charge is 2.23. The summed E-state index contributed by atoms with van der Waals surface area (Å²) in [5.74, 6) is 0.923. The summed E-state index contributed by atoms with van der Waals surface area (Å²) < 4.78 is 11.0. The van der Waals surface area contributed by atoms with Crippen LogP contribution in [0, 0.1) is 11.3 Å². The molecule has 0 fully saturated rings. The molecule has 0 aliphatic carbocycles. The summed E-state index contributed by atoms with van der Waals surface area (Å²) in [6.07, 6.45) is 0.928. The molecule has 1 heterocycles. The standard InChI is InChI=1S/C10H6BrNO3/c11-8-3-6(1-2-12)9-10(7(8)4-13)15-5-14-9/h3-4H,1,5H2. The summed E-state index contributed by atoms with van der Waals surface area (Å²) in [6, 6.07) is 3.74. The van der Waals surface area contributed by atoms with Crippen molar-refractivity contribution in [3.63, 3.8) is 0 Å². The second kappa shape index (κ2) is 3.91. The van der Waals surface area contributed by atoms with Crippen LogP contribution in [-0.2, 0) is 6.42 Å². The number of nitrogens with zero attached hydrogens (tertiary/aromatic N) is 1. The quantitative estimate of drug-likeness (QED) is 0.770.